The van der Waals surface area contributed by atoms with Crippen LogP contribution in [0.1, 0.15) is 177 Å². The first-order valence-electron chi connectivity index (χ1n) is 24.1. The zero-order valence-electron chi connectivity index (χ0n) is 34.6. The van der Waals surface area contributed by atoms with Crippen LogP contribution in [0.2, 0.25) is 0 Å². The van der Waals surface area contributed by atoms with Crippen molar-refractivity contribution in [2.75, 3.05) is 0 Å². The average molecular weight is 729 g/mol. The average Bonchev–Trinajstić information content (AvgIpc) is 3.83. The van der Waals surface area contributed by atoms with E-state index in [-0.39, 0.29) is 10.8 Å². The van der Waals surface area contributed by atoms with Crippen LogP contribution in [0.3, 0.4) is 0 Å². The Labute approximate surface area is 333 Å². The number of allylic oxidation sites excluding steroid dienone is 6. The molecule has 13 aliphatic rings. The second-order valence-electron chi connectivity index (χ2n) is 23.9. The fourth-order valence-electron chi connectivity index (χ4n) is 18.9. The molecule has 2 aromatic rings. The molecule has 13 aliphatic carbocycles. The number of fused-ring (bicyclic) bond motifs is 5. The Hall–Kier alpha value is -2.34. The highest BCUT2D eigenvalue weighted by atomic mass is 14.7. The quantitative estimate of drug-likeness (QED) is 0.275. The Bertz CT molecular complexity index is 1890. The van der Waals surface area contributed by atoms with Crippen molar-refractivity contribution < 1.29 is 0 Å². The third kappa shape index (κ3) is 4.59. The van der Waals surface area contributed by atoms with Gasteiger partial charge >= 0.3 is 0 Å². The van der Waals surface area contributed by atoms with Crippen molar-refractivity contribution in [3.8, 4) is 11.1 Å². The van der Waals surface area contributed by atoms with E-state index in [1.807, 2.05) is 11.1 Å². The van der Waals surface area contributed by atoms with E-state index in [1.54, 1.807) is 39.0 Å². The van der Waals surface area contributed by atoms with E-state index in [2.05, 4.69) is 75.4 Å². The smallest absolute Gasteiger partial charge is 0.0204 e. The Balaban J connectivity index is 1.03. The van der Waals surface area contributed by atoms with Crippen LogP contribution in [0.5, 0.6) is 0 Å². The molecule has 0 saturated heterocycles. The van der Waals surface area contributed by atoms with Gasteiger partial charge in [0.05, 0.1) is 0 Å². The molecule has 9 fully saturated rings. The fourth-order valence-corrected chi connectivity index (χ4v) is 18.9. The van der Waals surface area contributed by atoms with Crippen molar-refractivity contribution in [1.29, 1.82) is 0 Å². The van der Waals surface area contributed by atoms with Crippen molar-refractivity contribution in [3.63, 3.8) is 0 Å². The fraction of sp³-hybridized carbons (Fsp3) is 0.673. The molecule has 0 heterocycles. The highest BCUT2D eigenvalue weighted by Crippen LogP contribution is 2.74. The SMILES string of the molecule is CC(C)(C)C1=CC2=C(C1)C1CCCCC1C2(C1CC=CCC1)C1c2ccc(C34CC5CC(CC(C5)C3)C4)cc2-c2cc(C34CC5CC(CC(C5)C3)C4)ccc21. The maximum atomic E-state index is 2.90. The molecule has 15 rings (SSSR count). The Kier molecular flexibility index (Phi) is 6.99. The molecule has 0 aliphatic heterocycles. The largest absolute Gasteiger partial charge is 0.0885 e. The van der Waals surface area contributed by atoms with Gasteiger partial charge in [-0.25, -0.2) is 0 Å². The summed E-state index contributed by atoms with van der Waals surface area (Å²) < 4.78 is 0. The van der Waals surface area contributed by atoms with Crippen molar-refractivity contribution in [3.05, 3.63) is 93.6 Å². The van der Waals surface area contributed by atoms with E-state index in [4.69, 9.17) is 0 Å². The normalized spacial score (nSPS) is 45.5. The number of benzene rings is 2. The molecule has 0 N–H and O–H groups in total. The van der Waals surface area contributed by atoms with Crippen molar-refractivity contribution in [2.24, 2.45) is 64.1 Å². The van der Waals surface area contributed by atoms with E-state index < -0.39 is 0 Å². The van der Waals surface area contributed by atoms with Gasteiger partial charge in [-0.15, -0.1) is 0 Å². The summed E-state index contributed by atoms with van der Waals surface area (Å²) in [7, 11) is 0. The van der Waals surface area contributed by atoms with Gasteiger partial charge < -0.3 is 0 Å². The predicted octanol–water partition coefficient (Wildman–Crippen LogP) is 14.6. The molecule has 55 heavy (non-hydrogen) atoms. The first kappa shape index (κ1) is 33.6. The van der Waals surface area contributed by atoms with Crippen LogP contribution in [-0.2, 0) is 10.8 Å². The number of rotatable bonds is 4. The minimum absolute atomic E-state index is 0.197. The molecule has 8 bridgehead atoms. The Morgan fingerprint density at radius 3 is 1.62 bits per heavy atom. The van der Waals surface area contributed by atoms with E-state index >= 15 is 0 Å². The second-order valence-corrected chi connectivity index (χ2v) is 23.9. The van der Waals surface area contributed by atoms with Crippen LogP contribution in [-0.4, -0.2) is 0 Å². The molecule has 4 atom stereocenters. The second kappa shape index (κ2) is 11.4. The molecule has 0 spiro atoms. The zero-order valence-corrected chi connectivity index (χ0v) is 34.6. The minimum atomic E-state index is 0.197. The topological polar surface area (TPSA) is 0 Å². The van der Waals surface area contributed by atoms with E-state index in [0.29, 0.717) is 16.7 Å². The lowest BCUT2D eigenvalue weighted by atomic mass is 9.48. The predicted molar refractivity (Wildman–Crippen MR) is 227 cm³/mol. The molecule has 0 aromatic heterocycles. The highest BCUT2D eigenvalue weighted by Gasteiger charge is 2.63. The maximum Gasteiger partial charge on any atom is 0.0204 e. The van der Waals surface area contributed by atoms with Gasteiger partial charge in [0.15, 0.2) is 0 Å². The first-order chi connectivity index (χ1) is 26.7. The molecule has 9 saturated carbocycles. The molecule has 0 radical (unpaired) electrons. The van der Waals surface area contributed by atoms with E-state index in [9.17, 15) is 0 Å². The standard InChI is InChI=1S/C55H68/c1-52(2,3)42-25-48-43-11-7-8-12-49(43)55(50(48)26-42,39-9-5-4-6-10-39)51-44-15-13-40(53-27-33-17-34(28-53)19-35(18-33)29-53)23-46(44)47-24-41(14-16-45(47)51)54-30-36-20-37(31-54)22-38(21-36)32-54/h4-5,13-16,23-24,26,33-39,43,49,51H,6-12,17-22,25,27-32H2,1-3H3. The molecular weight excluding hydrogens is 661 g/mol. The van der Waals surface area contributed by atoms with Gasteiger partial charge in [0.25, 0.3) is 0 Å². The molecule has 4 unspecified atom stereocenters. The molecular formula is C55H68. The van der Waals surface area contributed by atoms with E-state index in [0.717, 1.165) is 53.3 Å². The molecule has 0 heteroatoms. The van der Waals surface area contributed by atoms with Crippen LogP contribution in [0, 0.1) is 64.1 Å². The summed E-state index contributed by atoms with van der Waals surface area (Å²) >= 11 is 0. The first-order valence-corrected chi connectivity index (χ1v) is 24.1. The van der Waals surface area contributed by atoms with Gasteiger partial charge in [0, 0.05) is 11.3 Å². The summed E-state index contributed by atoms with van der Waals surface area (Å²) in [4.78, 5) is 0. The van der Waals surface area contributed by atoms with Crippen molar-refractivity contribution >= 4 is 0 Å². The summed E-state index contributed by atoms with van der Waals surface area (Å²) in [5.74, 6) is 8.72. The van der Waals surface area contributed by atoms with Crippen LogP contribution >= 0.6 is 0 Å². The molecule has 0 amide bonds. The lowest BCUT2D eigenvalue weighted by Gasteiger charge is -2.57. The summed E-state index contributed by atoms with van der Waals surface area (Å²) in [6.07, 6.45) is 37.0. The van der Waals surface area contributed by atoms with Gasteiger partial charge in [0.1, 0.15) is 0 Å². The molecule has 0 nitrogen and oxygen atoms in total. The van der Waals surface area contributed by atoms with Crippen molar-refractivity contribution in [1.82, 2.24) is 0 Å². The van der Waals surface area contributed by atoms with Crippen LogP contribution in [0.4, 0.5) is 0 Å². The van der Waals surface area contributed by atoms with Crippen LogP contribution in [0.15, 0.2) is 71.3 Å². The zero-order chi connectivity index (χ0) is 36.5. The van der Waals surface area contributed by atoms with Crippen molar-refractivity contribution in [2.45, 2.75) is 166 Å². The van der Waals surface area contributed by atoms with Gasteiger partial charge in [-0.3, -0.25) is 0 Å². The lowest BCUT2D eigenvalue weighted by Crippen LogP contribution is -2.48. The third-order valence-electron chi connectivity index (χ3n) is 20.0. The minimum Gasteiger partial charge on any atom is -0.0885 e. The lowest BCUT2D eigenvalue weighted by molar-refractivity contribution is -0.00534. The summed E-state index contributed by atoms with van der Waals surface area (Å²) in [5, 5.41) is 0. The van der Waals surface area contributed by atoms with Gasteiger partial charge in [-0.2, -0.15) is 0 Å². The summed E-state index contributed by atoms with van der Waals surface area (Å²) in [6.45, 7) is 7.51. The summed E-state index contributed by atoms with van der Waals surface area (Å²) in [5.41, 5.74) is 17.2. The number of hydrogen-bond donors (Lipinski definition) is 0. The van der Waals surface area contributed by atoms with Crippen LogP contribution in [0.25, 0.3) is 11.1 Å². The van der Waals surface area contributed by atoms with Gasteiger partial charge in [0.2, 0.25) is 0 Å². The monoisotopic (exact) mass is 729 g/mol. The Morgan fingerprint density at radius 1 is 0.600 bits per heavy atom. The Morgan fingerprint density at radius 2 is 1.13 bits per heavy atom. The highest BCUT2D eigenvalue weighted by molar-refractivity contribution is 5.82. The maximum absolute atomic E-state index is 2.90. The van der Waals surface area contributed by atoms with E-state index in [1.165, 1.54) is 128 Å². The van der Waals surface area contributed by atoms with Gasteiger partial charge in [-0.1, -0.05) is 99.4 Å². The molecule has 288 valence electrons. The number of hydrogen-bond acceptors (Lipinski definition) is 0. The molecule has 2 aromatic carbocycles. The third-order valence-corrected chi connectivity index (χ3v) is 20.0. The van der Waals surface area contributed by atoms with Gasteiger partial charge in [-0.05, 0) is 224 Å². The summed E-state index contributed by atoms with van der Waals surface area (Å²) in [6, 6.07) is 16.9. The van der Waals surface area contributed by atoms with Crippen LogP contribution < -0.4 is 0 Å².